The van der Waals surface area contributed by atoms with Crippen LogP contribution in [-0.2, 0) is 0 Å². The Balaban J connectivity index is 0.000000330. The predicted octanol–water partition coefficient (Wildman–Crippen LogP) is 7.75. The molecule has 0 amide bonds. The predicted molar refractivity (Wildman–Crippen MR) is 123 cm³/mol. The number of hydrogen-bond acceptors (Lipinski definition) is 4. The van der Waals surface area contributed by atoms with E-state index in [2.05, 4.69) is 4.66 Å². The number of hydrogen-bond donors (Lipinski definition) is 0. The van der Waals surface area contributed by atoms with Crippen LogP contribution >= 0.6 is 23.5 Å². The lowest BCUT2D eigenvalue weighted by molar-refractivity contribution is -0.0885. The Morgan fingerprint density at radius 2 is 1.22 bits per heavy atom. The maximum atomic E-state index is 13.1. The first-order valence-corrected chi connectivity index (χ1v) is 15.0. The summed E-state index contributed by atoms with van der Waals surface area (Å²) in [4.78, 5) is 12.2. The van der Waals surface area contributed by atoms with Crippen LogP contribution in [0.2, 0.25) is 19.6 Å². The van der Waals surface area contributed by atoms with Crippen molar-refractivity contribution in [2.75, 3.05) is 12.5 Å². The summed E-state index contributed by atoms with van der Waals surface area (Å²) in [6.45, 7) is 5.37. The highest BCUT2D eigenvalue weighted by Crippen LogP contribution is 2.27. The lowest BCUT2D eigenvalue weighted by Crippen LogP contribution is -2.30. The number of carbonyl (C=O) groups excluding carboxylic acids is 1. The van der Waals surface area contributed by atoms with Gasteiger partial charge in [-0.2, -0.15) is 26.3 Å². The molecular formula is C21H23F6NOS2Si. The van der Waals surface area contributed by atoms with Crippen LogP contribution in [0.1, 0.15) is 15.9 Å². The molecule has 2 aromatic carbocycles. The molecule has 0 saturated carbocycles. The number of Topliss-reactive ketones (excluding diaryl/α,β-unsaturated/α-hetero) is 1. The third kappa shape index (κ3) is 9.41. The SMILES string of the molecule is CSc1cccc(C(=N[Si](C)(C)C)C(F)(F)F)c1.CSc1cccc(C(=O)C(F)(F)F)c1. The average molecular weight is 512 g/mol. The molecule has 0 saturated heterocycles. The van der Waals surface area contributed by atoms with Crippen LogP contribution in [0, 0.1) is 0 Å². The summed E-state index contributed by atoms with van der Waals surface area (Å²) in [5, 5.41) is 0. The molecule has 2 rings (SSSR count). The molecule has 0 spiro atoms. The highest BCUT2D eigenvalue weighted by molar-refractivity contribution is 7.98. The van der Waals surface area contributed by atoms with Crippen LogP contribution in [0.3, 0.4) is 0 Å². The zero-order chi connectivity index (χ0) is 24.7. The van der Waals surface area contributed by atoms with E-state index in [0.717, 1.165) is 11.0 Å². The molecule has 0 unspecified atom stereocenters. The molecule has 32 heavy (non-hydrogen) atoms. The summed E-state index contributed by atoms with van der Waals surface area (Å²) in [6.07, 6.45) is -5.63. The van der Waals surface area contributed by atoms with E-state index in [1.54, 1.807) is 44.1 Å². The summed E-state index contributed by atoms with van der Waals surface area (Å²) in [5.74, 6) is -1.80. The van der Waals surface area contributed by atoms with Crippen LogP contribution in [0.15, 0.2) is 63.0 Å². The number of ketones is 1. The number of alkyl halides is 6. The summed E-state index contributed by atoms with van der Waals surface area (Å²) in [7, 11) is -2.18. The van der Waals surface area contributed by atoms with E-state index in [9.17, 15) is 31.1 Å². The molecule has 176 valence electrons. The lowest BCUT2D eigenvalue weighted by Gasteiger charge is -2.17. The molecule has 0 heterocycles. The second-order valence-electron chi connectivity index (χ2n) is 7.42. The van der Waals surface area contributed by atoms with Crippen LogP contribution in [-0.4, -0.2) is 44.6 Å². The molecule has 0 aliphatic rings. The van der Waals surface area contributed by atoms with Gasteiger partial charge in [-0.05, 0) is 56.4 Å². The lowest BCUT2D eigenvalue weighted by atomic mass is 10.1. The van der Waals surface area contributed by atoms with E-state index in [4.69, 9.17) is 0 Å². The molecule has 2 nitrogen and oxygen atoms in total. The summed E-state index contributed by atoms with van der Waals surface area (Å²) >= 11 is 2.71. The third-order valence-electron chi connectivity index (χ3n) is 3.65. The van der Waals surface area contributed by atoms with Gasteiger partial charge in [-0.25, -0.2) is 0 Å². The van der Waals surface area contributed by atoms with Crippen LogP contribution in [0.5, 0.6) is 0 Å². The van der Waals surface area contributed by atoms with Crippen molar-refractivity contribution in [2.24, 2.45) is 4.66 Å². The molecule has 0 bridgehead atoms. The van der Waals surface area contributed by atoms with Crippen molar-refractivity contribution in [3.05, 3.63) is 59.7 Å². The topological polar surface area (TPSA) is 29.4 Å². The van der Waals surface area contributed by atoms with E-state index < -0.39 is 32.1 Å². The Labute approximate surface area is 193 Å². The number of thioether (sulfide) groups is 2. The number of halogens is 6. The van der Waals surface area contributed by atoms with Crippen molar-refractivity contribution in [1.29, 1.82) is 0 Å². The van der Waals surface area contributed by atoms with E-state index in [1.165, 1.54) is 47.8 Å². The molecule has 0 fully saturated rings. The Morgan fingerprint density at radius 1 is 0.781 bits per heavy atom. The largest absolute Gasteiger partial charge is 0.454 e. The van der Waals surface area contributed by atoms with E-state index in [0.29, 0.717) is 4.90 Å². The summed E-state index contributed by atoms with van der Waals surface area (Å²) in [6, 6.07) is 11.9. The van der Waals surface area contributed by atoms with Crippen molar-refractivity contribution >= 4 is 43.3 Å². The molecule has 0 aliphatic carbocycles. The van der Waals surface area contributed by atoms with Gasteiger partial charge in [0.15, 0.2) is 8.24 Å². The van der Waals surface area contributed by atoms with Gasteiger partial charge in [0.1, 0.15) is 5.71 Å². The number of rotatable bonds is 5. The standard InChI is InChI=1S/C12H16F3NSSi.C9H7F3OS/c1-17-10-7-5-6-9(8-10)11(12(13,14)15)16-18(2,3)4;1-14-7-4-2-3-6(5-7)8(13)9(10,11)12/h5-8H,1-4H3;2-5H,1H3. The maximum Gasteiger partial charge on any atom is 0.454 e. The molecule has 0 atom stereocenters. The van der Waals surface area contributed by atoms with Gasteiger partial charge < -0.3 is 4.66 Å². The molecule has 0 radical (unpaired) electrons. The first-order valence-electron chi connectivity index (χ1n) is 9.15. The van der Waals surface area contributed by atoms with E-state index in [1.807, 2.05) is 6.26 Å². The Bertz CT molecular complexity index is 952. The second-order valence-corrected chi connectivity index (χ2v) is 13.7. The zero-order valence-electron chi connectivity index (χ0n) is 18.1. The fourth-order valence-electron chi connectivity index (χ4n) is 2.33. The smallest absolute Gasteiger partial charge is 0.317 e. The van der Waals surface area contributed by atoms with Gasteiger partial charge in [0.2, 0.25) is 0 Å². The number of nitrogens with zero attached hydrogens (tertiary/aromatic N) is 1. The Morgan fingerprint density at radius 3 is 1.59 bits per heavy atom. The van der Waals surface area contributed by atoms with Gasteiger partial charge in [-0.3, -0.25) is 4.79 Å². The first kappa shape index (κ1) is 28.3. The molecule has 2 aromatic rings. The molecule has 0 aromatic heterocycles. The number of benzene rings is 2. The normalized spacial score (nSPS) is 12.8. The van der Waals surface area contributed by atoms with Gasteiger partial charge in [-0.1, -0.05) is 24.3 Å². The van der Waals surface area contributed by atoms with Gasteiger partial charge in [0, 0.05) is 20.9 Å². The quantitative estimate of drug-likeness (QED) is 0.135. The molecule has 0 aliphatic heterocycles. The van der Waals surface area contributed by atoms with Crippen molar-refractivity contribution in [3.8, 4) is 0 Å². The van der Waals surface area contributed by atoms with Gasteiger partial charge in [-0.15, -0.1) is 23.5 Å². The third-order valence-corrected chi connectivity index (χ3v) is 5.99. The minimum absolute atomic E-state index is 0.150. The average Bonchev–Trinajstić information content (AvgIpc) is 2.70. The Hall–Kier alpha value is -1.72. The Kier molecular flexibility index (Phi) is 10.1. The van der Waals surface area contributed by atoms with Crippen LogP contribution in [0.4, 0.5) is 26.3 Å². The highest BCUT2D eigenvalue weighted by atomic mass is 32.2. The van der Waals surface area contributed by atoms with E-state index in [-0.39, 0.29) is 11.1 Å². The minimum atomic E-state index is -4.79. The zero-order valence-corrected chi connectivity index (χ0v) is 20.7. The molecule has 11 heteroatoms. The van der Waals surface area contributed by atoms with Gasteiger partial charge >= 0.3 is 12.4 Å². The molecular weight excluding hydrogens is 488 g/mol. The van der Waals surface area contributed by atoms with Crippen LogP contribution in [0.25, 0.3) is 0 Å². The second kappa shape index (κ2) is 11.4. The fourth-order valence-corrected chi connectivity index (χ4v) is 4.17. The first-order chi connectivity index (χ1) is 14.6. The maximum absolute atomic E-state index is 13.1. The van der Waals surface area contributed by atoms with Crippen molar-refractivity contribution in [2.45, 2.75) is 41.8 Å². The minimum Gasteiger partial charge on any atom is -0.317 e. The van der Waals surface area contributed by atoms with Gasteiger partial charge in [0.25, 0.3) is 5.78 Å². The highest BCUT2D eigenvalue weighted by Gasteiger charge is 2.39. The number of carbonyl (C=O) groups is 1. The summed E-state index contributed by atoms with van der Waals surface area (Å²) in [5.41, 5.74) is -0.918. The summed E-state index contributed by atoms with van der Waals surface area (Å²) < 4.78 is 79.2. The van der Waals surface area contributed by atoms with E-state index >= 15 is 0 Å². The van der Waals surface area contributed by atoms with Gasteiger partial charge in [0.05, 0.1) is 0 Å². The fraction of sp³-hybridized carbons (Fsp3) is 0.333. The monoisotopic (exact) mass is 511 g/mol. The van der Waals surface area contributed by atoms with Crippen molar-refractivity contribution in [1.82, 2.24) is 0 Å². The molecule has 0 N–H and O–H groups in total. The van der Waals surface area contributed by atoms with Crippen molar-refractivity contribution in [3.63, 3.8) is 0 Å². The van der Waals surface area contributed by atoms with Crippen molar-refractivity contribution < 1.29 is 31.1 Å². The van der Waals surface area contributed by atoms with Crippen LogP contribution < -0.4 is 0 Å².